The number of thioether (sulfide) groups is 1. The van der Waals surface area contributed by atoms with Gasteiger partial charge in [-0.15, -0.1) is 0 Å². The molecule has 0 N–H and O–H groups in total. The van der Waals surface area contributed by atoms with E-state index in [9.17, 15) is 19.7 Å². The molecule has 11 heteroatoms. The van der Waals surface area contributed by atoms with E-state index in [4.69, 9.17) is 32.4 Å². The van der Waals surface area contributed by atoms with Crippen molar-refractivity contribution in [2.45, 2.75) is 6.54 Å². The lowest BCUT2D eigenvalue weighted by Crippen LogP contribution is -2.27. The third-order valence-electron chi connectivity index (χ3n) is 4.78. The Labute approximate surface area is 201 Å². The van der Waals surface area contributed by atoms with Crippen molar-refractivity contribution in [3.8, 4) is 17.1 Å². The molecule has 2 amide bonds. The molecular formula is C22H14Cl2N2O6S. The summed E-state index contributed by atoms with van der Waals surface area (Å²) < 4.78 is 11.0. The monoisotopic (exact) mass is 504 g/mol. The molecule has 1 fully saturated rings. The average molecular weight is 505 g/mol. The zero-order valence-corrected chi connectivity index (χ0v) is 19.2. The standard InChI is InChI=1S/C22H14Cl2N2O6S/c1-31-18-6-4-14(26(29)30)9-16(18)19-7-5-15(32-19)10-20-21(27)25(22(28)33-20)11-12-2-3-13(23)8-17(12)24/h2-10H,11H2,1H3/b20-10-. The molecule has 1 aliphatic heterocycles. The smallest absolute Gasteiger partial charge is 0.293 e. The van der Waals surface area contributed by atoms with Gasteiger partial charge in [0.1, 0.15) is 17.3 Å². The Hall–Kier alpha value is -3.27. The van der Waals surface area contributed by atoms with Gasteiger partial charge in [-0.3, -0.25) is 24.6 Å². The van der Waals surface area contributed by atoms with Crippen molar-refractivity contribution in [2.24, 2.45) is 0 Å². The molecule has 8 nitrogen and oxygen atoms in total. The molecule has 0 atom stereocenters. The second kappa shape index (κ2) is 9.30. The Morgan fingerprint density at radius 2 is 1.94 bits per heavy atom. The summed E-state index contributed by atoms with van der Waals surface area (Å²) >= 11 is 12.8. The maximum Gasteiger partial charge on any atom is 0.293 e. The van der Waals surface area contributed by atoms with Crippen LogP contribution in [0, 0.1) is 10.1 Å². The molecule has 0 unspecified atom stereocenters. The molecule has 0 aliphatic carbocycles. The second-order valence-electron chi connectivity index (χ2n) is 6.85. The fourth-order valence-corrected chi connectivity index (χ4v) is 4.45. The minimum atomic E-state index is -0.518. The fourth-order valence-electron chi connectivity index (χ4n) is 3.16. The van der Waals surface area contributed by atoms with Crippen LogP contribution in [0.3, 0.4) is 0 Å². The number of carbonyl (C=O) groups excluding carboxylic acids is 2. The van der Waals surface area contributed by atoms with Crippen molar-refractivity contribution in [3.05, 3.63) is 84.9 Å². The van der Waals surface area contributed by atoms with Crippen LogP contribution in [0.4, 0.5) is 10.5 Å². The number of hydrogen-bond donors (Lipinski definition) is 0. The minimum Gasteiger partial charge on any atom is -0.496 e. The van der Waals surface area contributed by atoms with E-state index in [0.29, 0.717) is 38.4 Å². The third kappa shape index (κ3) is 4.75. The van der Waals surface area contributed by atoms with E-state index in [1.165, 1.54) is 31.4 Å². The number of nitro benzene ring substituents is 1. The van der Waals surface area contributed by atoms with Crippen molar-refractivity contribution in [2.75, 3.05) is 7.11 Å². The van der Waals surface area contributed by atoms with E-state index >= 15 is 0 Å². The first-order valence-corrected chi connectivity index (χ1v) is 11.0. The fraction of sp³-hybridized carbons (Fsp3) is 0.0909. The molecule has 1 aromatic heterocycles. The lowest BCUT2D eigenvalue weighted by molar-refractivity contribution is -0.384. The van der Waals surface area contributed by atoms with Gasteiger partial charge in [0.2, 0.25) is 0 Å². The quantitative estimate of drug-likeness (QED) is 0.217. The summed E-state index contributed by atoms with van der Waals surface area (Å²) in [4.78, 5) is 37.1. The van der Waals surface area contributed by atoms with Crippen LogP contribution >= 0.6 is 35.0 Å². The average Bonchev–Trinajstić information content (AvgIpc) is 3.35. The van der Waals surface area contributed by atoms with Gasteiger partial charge >= 0.3 is 0 Å². The van der Waals surface area contributed by atoms with Crippen LogP contribution in [0.5, 0.6) is 5.75 Å². The first-order valence-electron chi connectivity index (χ1n) is 9.38. The number of benzene rings is 2. The van der Waals surface area contributed by atoms with Crippen LogP contribution in [0.15, 0.2) is 57.9 Å². The lowest BCUT2D eigenvalue weighted by atomic mass is 10.1. The van der Waals surface area contributed by atoms with Gasteiger partial charge in [-0.1, -0.05) is 29.3 Å². The first kappa shape index (κ1) is 22.9. The van der Waals surface area contributed by atoms with Gasteiger partial charge in [0.15, 0.2) is 0 Å². The number of nitrogens with zero attached hydrogens (tertiary/aromatic N) is 2. The van der Waals surface area contributed by atoms with Crippen LogP contribution in [0.25, 0.3) is 17.4 Å². The summed E-state index contributed by atoms with van der Waals surface area (Å²) in [5.74, 6) is 0.520. The van der Waals surface area contributed by atoms with E-state index < -0.39 is 16.1 Å². The number of hydrogen-bond acceptors (Lipinski definition) is 7. The molecule has 0 bridgehead atoms. The molecule has 1 saturated heterocycles. The Bertz CT molecular complexity index is 1320. The number of carbonyl (C=O) groups is 2. The van der Waals surface area contributed by atoms with E-state index in [1.54, 1.807) is 30.3 Å². The number of furan rings is 1. The van der Waals surface area contributed by atoms with E-state index in [2.05, 4.69) is 0 Å². The van der Waals surface area contributed by atoms with Crippen LogP contribution in [-0.2, 0) is 11.3 Å². The molecule has 4 rings (SSSR count). The maximum absolute atomic E-state index is 12.8. The van der Waals surface area contributed by atoms with Gasteiger partial charge in [-0.05, 0) is 47.7 Å². The van der Waals surface area contributed by atoms with Crippen molar-refractivity contribution in [1.82, 2.24) is 4.90 Å². The highest BCUT2D eigenvalue weighted by atomic mass is 35.5. The molecular weight excluding hydrogens is 491 g/mol. The van der Waals surface area contributed by atoms with Gasteiger partial charge in [0, 0.05) is 28.3 Å². The summed E-state index contributed by atoms with van der Waals surface area (Å²) in [6.45, 7) is 0.00625. The number of imide groups is 1. The van der Waals surface area contributed by atoms with Crippen molar-refractivity contribution < 1.29 is 23.7 Å². The third-order valence-corrected chi connectivity index (χ3v) is 6.27. The maximum atomic E-state index is 12.8. The van der Waals surface area contributed by atoms with Crippen LogP contribution in [-0.4, -0.2) is 28.1 Å². The number of methoxy groups -OCH3 is 1. The van der Waals surface area contributed by atoms with E-state index in [-0.39, 0.29) is 17.1 Å². The van der Waals surface area contributed by atoms with Crippen molar-refractivity contribution in [3.63, 3.8) is 0 Å². The van der Waals surface area contributed by atoms with E-state index in [0.717, 1.165) is 16.7 Å². The zero-order valence-electron chi connectivity index (χ0n) is 16.9. The molecule has 33 heavy (non-hydrogen) atoms. The SMILES string of the molecule is COc1ccc([N+](=O)[O-])cc1-c1ccc(/C=C2\SC(=O)N(Cc3ccc(Cl)cc3Cl)C2=O)o1. The van der Waals surface area contributed by atoms with Crippen molar-refractivity contribution in [1.29, 1.82) is 0 Å². The molecule has 0 saturated carbocycles. The summed E-state index contributed by atoms with van der Waals surface area (Å²) in [7, 11) is 1.44. The number of amides is 2. The van der Waals surface area contributed by atoms with Gasteiger partial charge in [0.05, 0.1) is 29.0 Å². The molecule has 1 aliphatic rings. The highest BCUT2D eigenvalue weighted by Crippen LogP contribution is 2.37. The summed E-state index contributed by atoms with van der Waals surface area (Å²) in [5, 5.41) is 11.5. The molecule has 3 aromatic rings. The topological polar surface area (TPSA) is 103 Å². The van der Waals surface area contributed by atoms with Crippen LogP contribution in [0.2, 0.25) is 10.0 Å². The van der Waals surface area contributed by atoms with Crippen molar-refractivity contribution >= 4 is 57.9 Å². The van der Waals surface area contributed by atoms with Gasteiger partial charge < -0.3 is 9.15 Å². The zero-order chi connectivity index (χ0) is 23.7. The number of nitro groups is 1. The van der Waals surface area contributed by atoms with Gasteiger partial charge in [0.25, 0.3) is 16.8 Å². The molecule has 2 aromatic carbocycles. The highest BCUT2D eigenvalue weighted by molar-refractivity contribution is 8.18. The Morgan fingerprint density at radius 1 is 1.15 bits per heavy atom. The summed E-state index contributed by atoms with van der Waals surface area (Å²) in [6, 6.07) is 12.2. The second-order valence-corrected chi connectivity index (χ2v) is 8.68. The molecule has 0 spiro atoms. The molecule has 168 valence electrons. The number of non-ortho nitro benzene ring substituents is 1. The first-order chi connectivity index (χ1) is 15.8. The largest absolute Gasteiger partial charge is 0.496 e. The van der Waals surface area contributed by atoms with E-state index in [1.807, 2.05) is 0 Å². The molecule has 2 heterocycles. The van der Waals surface area contributed by atoms with Gasteiger partial charge in [-0.2, -0.15) is 0 Å². The summed E-state index contributed by atoms with van der Waals surface area (Å²) in [6.07, 6.45) is 1.45. The Morgan fingerprint density at radius 3 is 2.64 bits per heavy atom. The predicted octanol–water partition coefficient (Wildman–Crippen LogP) is 6.41. The van der Waals surface area contributed by atoms with Crippen LogP contribution in [0.1, 0.15) is 11.3 Å². The number of halogens is 2. The predicted molar refractivity (Wildman–Crippen MR) is 125 cm³/mol. The lowest BCUT2D eigenvalue weighted by Gasteiger charge is -2.13. The number of rotatable bonds is 6. The summed E-state index contributed by atoms with van der Waals surface area (Å²) in [5.41, 5.74) is 0.852. The number of ether oxygens (including phenoxy) is 1. The Balaban J connectivity index is 1.59. The molecule has 0 radical (unpaired) electrons. The minimum absolute atomic E-state index is 0.00625. The highest BCUT2D eigenvalue weighted by Gasteiger charge is 2.35. The normalized spacial score (nSPS) is 14.9. The van der Waals surface area contributed by atoms with Crippen LogP contribution < -0.4 is 4.74 Å². The van der Waals surface area contributed by atoms with Gasteiger partial charge in [-0.25, -0.2) is 0 Å². The Kier molecular flexibility index (Phi) is 6.46.